The lowest BCUT2D eigenvalue weighted by Gasteiger charge is -2.25. The summed E-state index contributed by atoms with van der Waals surface area (Å²) in [6.07, 6.45) is 2.52. The molecule has 3 atom stereocenters. The third-order valence-corrected chi connectivity index (χ3v) is 4.35. The summed E-state index contributed by atoms with van der Waals surface area (Å²) in [7, 11) is 0. The molecule has 1 aromatic carbocycles. The van der Waals surface area contributed by atoms with Crippen molar-refractivity contribution >= 4 is 5.91 Å². The van der Waals surface area contributed by atoms with Crippen LogP contribution in [0.25, 0.3) is 0 Å². The normalized spacial score (nSPS) is 22.1. The van der Waals surface area contributed by atoms with Gasteiger partial charge in [-0.05, 0) is 37.2 Å². The van der Waals surface area contributed by atoms with Crippen molar-refractivity contribution in [3.8, 4) is 0 Å². The van der Waals surface area contributed by atoms with Gasteiger partial charge in [0.05, 0.1) is 6.04 Å². The SMILES string of the molecule is CC(CCO)CC1CC(=O)N([C@@H](C)c2ccccc2)C1. The number of aliphatic hydroxyl groups is 1. The molecule has 0 radical (unpaired) electrons. The molecule has 1 heterocycles. The molecule has 110 valence electrons. The summed E-state index contributed by atoms with van der Waals surface area (Å²) < 4.78 is 0. The Hall–Kier alpha value is -1.35. The monoisotopic (exact) mass is 275 g/mol. The molecule has 2 rings (SSSR count). The molecule has 0 spiro atoms. The van der Waals surface area contributed by atoms with E-state index in [0.29, 0.717) is 18.3 Å². The Morgan fingerprint density at radius 2 is 2.00 bits per heavy atom. The van der Waals surface area contributed by atoms with Crippen LogP contribution >= 0.6 is 0 Å². The highest BCUT2D eigenvalue weighted by Crippen LogP contribution is 2.31. The molecular weight excluding hydrogens is 250 g/mol. The van der Waals surface area contributed by atoms with Gasteiger partial charge in [0, 0.05) is 19.6 Å². The Kier molecular flexibility index (Phi) is 5.18. The molecule has 0 aromatic heterocycles. The lowest BCUT2D eigenvalue weighted by Crippen LogP contribution is -2.28. The number of rotatable bonds is 6. The average Bonchev–Trinajstić information content (AvgIpc) is 2.80. The molecule has 0 saturated carbocycles. The highest BCUT2D eigenvalue weighted by molar-refractivity contribution is 5.79. The quantitative estimate of drug-likeness (QED) is 0.867. The van der Waals surface area contributed by atoms with E-state index in [9.17, 15) is 4.79 Å². The van der Waals surface area contributed by atoms with Crippen molar-refractivity contribution in [2.75, 3.05) is 13.2 Å². The molecule has 3 nitrogen and oxygen atoms in total. The standard InChI is InChI=1S/C17H25NO2/c1-13(8-9-19)10-15-11-17(20)18(12-15)14(2)16-6-4-3-5-7-16/h3-7,13-15,19H,8-12H2,1-2H3/t13?,14-,15?/m0/s1. The fraction of sp³-hybridized carbons (Fsp3) is 0.588. The second kappa shape index (κ2) is 6.89. The highest BCUT2D eigenvalue weighted by Gasteiger charge is 2.33. The second-order valence-corrected chi connectivity index (χ2v) is 6.06. The Morgan fingerprint density at radius 1 is 1.30 bits per heavy atom. The number of amides is 1. The molecule has 1 aromatic rings. The fourth-order valence-electron chi connectivity index (χ4n) is 3.16. The van der Waals surface area contributed by atoms with E-state index in [2.05, 4.69) is 26.0 Å². The van der Waals surface area contributed by atoms with E-state index in [0.717, 1.165) is 19.4 Å². The van der Waals surface area contributed by atoms with Gasteiger partial charge >= 0.3 is 0 Å². The smallest absolute Gasteiger partial charge is 0.223 e. The van der Waals surface area contributed by atoms with E-state index in [4.69, 9.17) is 5.11 Å². The molecule has 1 N–H and O–H groups in total. The summed E-state index contributed by atoms with van der Waals surface area (Å²) in [5, 5.41) is 8.97. The van der Waals surface area contributed by atoms with Gasteiger partial charge in [0.25, 0.3) is 0 Å². The van der Waals surface area contributed by atoms with Crippen molar-refractivity contribution in [3.63, 3.8) is 0 Å². The summed E-state index contributed by atoms with van der Waals surface area (Å²) in [5.41, 5.74) is 1.20. The first kappa shape index (κ1) is 15.0. The van der Waals surface area contributed by atoms with E-state index >= 15 is 0 Å². The van der Waals surface area contributed by atoms with Crippen LogP contribution in [0.15, 0.2) is 30.3 Å². The van der Waals surface area contributed by atoms with Gasteiger partial charge in [-0.3, -0.25) is 4.79 Å². The van der Waals surface area contributed by atoms with Crippen LogP contribution in [-0.2, 0) is 4.79 Å². The molecule has 1 amide bonds. The largest absolute Gasteiger partial charge is 0.396 e. The molecule has 20 heavy (non-hydrogen) atoms. The maximum absolute atomic E-state index is 12.2. The van der Waals surface area contributed by atoms with Crippen LogP contribution in [0.2, 0.25) is 0 Å². The second-order valence-electron chi connectivity index (χ2n) is 6.06. The zero-order valence-corrected chi connectivity index (χ0v) is 12.5. The Labute approximate surface area is 121 Å². The number of hydrogen-bond donors (Lipinski definition) is 1. The maximum Gasteiger partial charge on any atom is 0.223 e. The van der Waals surface area contributed by atoms with Crippen molar-refractivity contribution in [1.82, 2.24) is 4.90 Å². The van der Waals surface area contributed by atoms with Gasteiger partial charge in [-0.25, -0.2) is 0 Å². The third-order valence-electron chi connectivity index (χ3n) is 4.35. The van der Waals surface area contributed by atoms with Gasteiger partial charge in [0.1, 0.15) is 0 Å². The van der Waals surface area contributed by atoms with Gasteiger partial charge in [0.15, 0.2) is 0 Å². The van der Waals surface area contributed by atoms with Crippen molar-refractivity contribution in [2.45, 2.75) is 39.2 Å². The Morgan fingerprint density at radius 3 is 2.65 bits per heavy atom. The van der Waals surface area contributed by atoms with Crippen LogP contribution in [0.3, 0.4) is 0 Å². The first-order valence-electron chi connectivity index (χ1n) is 7.57. The zero-order valence-electron chi connectivity index (χ0n) is 12.5. The number of hydrogen-bond acceptors (Lipinski definition) is 2. The summed E-state index contributed by atoms with van der Waals surface area (Å²) in [4.78, 5) is 14.2. The summed E-state index contributed by atoms with van der Waals surface area (Å²) in [5.74, 6) is 1.20. The minimum absolute atomic E-state index is 0.154. The number of likely N-dealkylation sites (tertiary alicyclic amines) is 1. The molecule has 2 unspecified atom stereocenters. The number of carbonyl (C=O) groups is 1. The van der Waals surface area contributed by atoms with Crippen molar-refractivity contribution in [3.05, 3.63) is 35.9 Å². The van der Waals surface area contributed by atoms with Crippen molar-refractivity contribution in [1.29, 1.82) is 0 Å². The first-order valence-corrected chi connectivity index (χ1v) is 7.57. The Bertz CT molecular complexity index is 432. The van der Waals surface area contributed by atoms with Gasteiger partial charge in [-0.2, -0.15) is 0 Å². The Balaban J connectivity index is 1.95. The summed E-state index contributed by atoms with van der Waals surface area (Å²) in [6, 6.07) is 10.4. The van der Waals surface area contributed by atoms with Crippen LogP contribution in [-0.4, -0.2) is 29.1 Å². The van der Waals surface area contributed by atoms with E-state index < -0.39 is 0 Å². The van der Waals surface area contributed by atoms with E-state index in [1.165, 1.54) is 5.56 Å². The van der Waals surface area contributed by atoms with Gasteiger partial charge < -0.3 is 10.0 Å². The van der Waals surface area contributed by atoms with Crippen LogP contribution in [0.1, 0.15) is 44.7 Å². The van der Waals surface area contributed by atoms with Crippen LogP contribution in [0.5, 0.6) is 0 Å². The predicted molar refractivity (Wildman–Crippen MR) is 80.2 cm³/mol. The number of carbonyl (C=O) groups excluding carboxylic acids is 1. The van der Waals surface area contributed by atoms with Crippen LogP contribution in [0.4, 0.5) is 0 Å². The summed E-state index contributed by atoms with van der Waals surface area (Å²) >= 11 is 0. The molecular formula is C17H25NO2. The molecule has 1 fully saturated rings. The van der Waals surface area contributed by atoms with Crippen LogP contribution in [0, 0.1) is 11.8 Å². The van der Waals surface area contributed by atoms with Crippen LogP contribution < -0.4 is 0 Å². The number of benzene rings is 1. The van der Waals surface area contributed by atoms with Gasteiger partial charge in [-0.1, -0.05) is 37.3 Å². The molecule has 0 bridgehead atoms. The van der Waals surface area contributed by atoms with E-state index in [-0.39, 0.29) is 18.6 Å². The minimum atomic E-state index is 0.154. The number of aliphatic hydroxyl groups excluding tert-OH is 1. The lowest BCUT2D eigenvalue weighted by atomic mass is 9.93. The molecule has 1 aliphatic heterocycles. The number of nitrogens with zero attached hydrogens (tertiary/aromatic N) is 1. The van der Waals surface area contributed by atoms with E-state index in [1.807, 2.05) is 23.1 Å². The highest BCUT2D eigenvalue weighted by atomic mass is 16.3. The minimum Gasteiger partial charge on any atom is -0.396 e. The maximum atomic E-state index is 12.2. The topological polar surface area (TPSA) is 40.5 Å². The van der Waals surface area contributed by atoms with Crippen molar-refractivity contribution < 1.29 is 9.90 Å². The molecule has 3 heteroatoms. The lowest BCUT2D eigenvalue weighted by molar-refractivity contribution is -0.129. The first-order chi connectivity index (χ1) is 9.61. The van der Waals surface area contributed by atoms with Gasteiger partial charge in [-0.15, -0.1) is 0 Å². The molecule has 1 aliphatic rings. The van der Waals surface area contributed by atoms with Gasteiger partial charge in [0.2, 0.25) is 5.91 Å². The molecule has 0 aliphatic carbocycles. The zero-order chi connectivity index (χ0) is 14.5. The summed E-state index contributed by atoms with van der Waals surface area (Å²) in [6.45, 7) is 5.35. The fourth-order valence-corrected chi connectivity index (χ4v) is 3.16. The predicted octanol–water partition coefficient (Wildman–Crippen LogP) is 3.00. The third kappa shape index (κ3) is 3.60. The average molecular weight is 275 g/mol. The van der Waals surface area contributed by atoms with E-state index in [1.54, 1.807) is 0 Å². The molecule has 1 saturated heterocycles. The van der Waals surface area contributed by atoms with Crippen molar-refractivity contribution in [2.24, 2.45) is 11.8 Å².